The molecule has 1 aromatic rings. The van der Waals surface area contributed by atoms with Gasteiger partial charge in [-0.25, -0.2) is 0 Å². The van der Waals surface area contributed by atoms with Crippen LogP contribution in [-0.4, -0.2) is 12.6 Å². The summed E-state index contributed by atoms with van der Waals surface area (Å²) in [5.74, 6) is 3.75. The summed E-state index contributed by atoms with van der Waals surface area (Å²) >= 11 is 0. The van der Waals surface area contributed by atoms with Gasteiger partial charge in [0.2, 0.25) is 0 Å². The van der Waals surface area contributed by atoms with E-state index in [4.69, 9.17) is 10.8 Å². The molecular formula is C12H17NO. The first-order valence-corrected chi connectivity index (χ1v) is 5.08. The van der Waals surface area contributed by atoms with Crippen LogP contribution in [0.4, 0.5) is 0 Å². The minimum Gasteiger partial charge on any atom is -0.469 e. The van der Waals surface area contributed by atoms with Gasteiger partial charge in [-0.3, -0.25) is 0 Å². The highest BCUT2D eigenvalue weighted by atomic mass is 16.3. The van der Waals surface area contributed by atoms with Crippen molar-refractivity contribution in [1.29, 1.82) is 0 Å². The van der Waals surface area contributed by atoms with Gasteiger partial charge in [0.25, 0.3) is 0 Å². The van der Waals surface area contributed by atoms with Crippen molar-refractivity contribution in [2.75, 3.05) is 6.54 Å². The Balaban J connectivity index is 2.25. The molecule has 1 rings (SSSR count). The molecule has 0 aliphatic rings. The Morgan fingerprint density at radius 3 is 3.07 bits per heavy atom. The van der Waals surface area contributed by atoms with Crippen LogP contribution in [0, 0.1) is 12.3 Å². The van der Waals surface area contributed by atoms with Gasteiger partial charge in [0.15, 0.2) is 0 Å². The Morgan fingerprint density at radius 2 is 2.50 bits per heavy atom. The van der Waals surface area contributed by atoms with Gasteiger partial charge in [0.05, 0.1) is 12.3 Å². The van der Waals surface area contributed by atoms with Crippen molar-refractivity contribution in [3.05, 3.63) is 24.2 Å². The SMILES string of the molecule is C#CC(CCc1ccco1)NCCC. The summed E-state index contributed by atoms with van der Waals surface area (Å²) in [6, 6.07) is 4.05. The smallest absolute Gasteiger partial charge is 0.103 e. The maximum atomic E-state index is 5.41. The Bertz CT molecular complexity index is 271. The fourth-order valence-corrected chi connectivity index (χ4v) is 1.30. The molecular weight excluding hydrogens is 174 g/mol. The lowest BCUT2D eigenvalue weighted by molar-refractivity contribution is 0.480. The van der Waals surface area contributed by atoms with E-state index in [1.807, 2.05) is 12.1 Å². The van der Waals surface area contributed by atoms with Crippen molar-refractivity contribution in [2.45, 2.75) is 32.2 Å². The molecule has 0 fully saturated rings. The predicted octanol–water partition coefficient (Wildman–Crippen LogP) is 2.21. The van der Waals surface area contributed by atoms with Crippen molar-refractivity contribution in [3.63, 3.8) is 0 Å². The van der Waals surface area contributed by atoms with Gasteiger partial charge in [-0.2, -0.15) is 0 Å². The van der Waals surface area contributed by atoms with Crippen LogP contribution in [-0.2, 0) is 6.42 Å². The second-order valence-corrected chi connectivity index (χ2v) is 3.29. The van der Waals surface area contributed by atoms with Crippen molar-refractivity contribution in [3.8, 4) is 12.3 Å². The minimum absolute atomic E-state index is 0.167. The molecule has 1 atom stereocenters. The van der Waals surface area contributed by atoms with Gasteiger partial charge in [0, 0.05) is 6.42 Å². The molecule has 0 radical (unpaired) electrons. The normalized spacial score (nSPS) is 12.3. The first-order chi connectivity index (χ1) is 6.86. The molecule has 0 aliphatic heterocycles. The van der Waals surface area contributed by atoms with E-state index in [0.717, 1.165) is 31.6 Å². The number of aryl methyl sites for hydroxylation is 1. The monoisotopic (exact) mass is 191 g/mol. The zero-order valence-corrected chi connectivity index (χ0v) is 8.62. The third kappa shape index (κ3) is 3.68. The topological polar surface area (TPSA) is 25.2 Å². The van der Waals surface area contributed by atoms with E-state index in [-0.39, 0.29) is 6.04 Å². The van der Waals surface area contributed by atoms with Gasteiger partial charge < -0.3 is 9.73 Å². The molecule has 0 aromatic carbocycles. The zero-order chi connectivity index (χ0) is 10.2. The van der Waals surface area contributed by atoms with E-state index in [2.05, 4.69) is 18.2 Å². The maximum absolute atomic E-state index is 5.41. The minimum atomic E-state index is 0.167. The van der Waals surface area contributed by atoms with E-state index in [9.17, 15) is 0 Å². The second kappa shape index (κ2) is 6.28. The van der Waals surface area contributed by atoms with E-state index in [0.29, 0.717) is 0 Å². The maximum Gasteiger partial charge on any atom is 0.103 e. The summed E-state index contributed by atoms with van der Waals surface area (Å²) in [7, 11) is 0. The van der Waals surface area contributed by atoms with Crippen LogP contribution in [0.5, 0.6) is 0 Å². The molecule has 2 nitrogen and oxygen atoms in total. The lowest BCUT2D eigenvalue weighted by Gasteiger charge is -2.10. The third-order valence-corrected chi connectivity index (χ3v) is 2.10. The number of hydrogen-bond acceptors (Lipinski definition) is 2. The molecule has 1 aromatic heterocycles. The van der Waals surface area contributed by atoms with E-state index < -0.39 is 0 Å². The zero-order valence-electron chi connectivity index (χ0n) is 8.62. The summed E-state index contributed by atoms with van der Waals surface area (Å²) in [6.45, 7) is 3.11. The van der Waals surface area contributed by atoms with Crippen molar-refractivity contribution in [1.82, 2.24) is 5.32 Å². The molecule has 0 spiro atoms. The molecule has 1 heterocycles. The molecule has 0 amide bonds. The van der Waals surface area contributed by atoms with Crippen LogP contribution in [0.3, 0.4) is 0 Å². The first kappa shape index (κ1) is 10.9. The van der Waals surface area contributed by atoms with Gasteiger partial charge >= 0.3 is 0 Å². The number of rotatable bonds is 6. The van der Waals surface area contributed by atoms with Crippen LogP contribution in [0.25, 0.3) is 0 Å². The molecule has 1 N–H and O–H groups in total. The van der Waals surface area contributed by atoms with Crippen molar-refractivity contribution in [2.24, 2.45) is 0 Å². The molecule has 0 saturated heterocycles. The average Bonchev–Trinajstić information content (AvgIpc) is 2.71. The number of terminal acetylenes is 1. The molecule has 0 aliphatic carbocycles. The molecule has 76 valence electrons. The number of hydrogen-bond donors (Lipinski definition) is 1. The second-order valence-electron chi connectivity index (χ2n) is 3.29. The fourth-order valence-electron chi connectivity index (χ4n) is 1.30. The summed E-state index contributed by atoms with van der Waals surface area (Å²) in [6.07, 6.45) is 10.0. The van der Waals surface area contributed by atoms with Crippen molar-refractivity contribution >= 4 is 0 Å². The van der Waals surface area contributed by atoms with Crippen LogP contribution < -0.4 is 5.32 Å². The molecule has 14 heavy (non-hydrogen) atoms. The van der Waals surface area contributed by atoms with Crippen LogP contribution in [0.2, 0.25) is 0 Å². The first-order valence-electron chi connectivity index (χ1n) is 5.08. The van der Waals surface area contributed by atoms with Crippen LogP contribution in [0.1, 0.15) is 25.5 Å². The highest BCUT2D eigenvalue weighted by molar-refractivity contribution is 5.03. The third-order valence-electron chi connectivity index (χ3n) is 2.10. The Labute approximate surface area is 85.7 Å². The Kier molecular flexibility index (Phi) is 4.88. The summed E-state index contributed by atoms with van der Waals surface area (Å²) in [5.41, 5.74) is 0. The van der Waals surface area contributed by atoms with E-state index >= 15 is 0 Å². The Morgan fingerprint density at radius 1 is 1.64 bits per heavy atom. The van der Waals surface area contributed by atoms with Crippen LogP contribution >= 0.6 is 0 Å². The van der Waals surface area contributed by atoms with Gasteiger partial charge in [-0.15, -0.1) is 6.42 Å². The summed E-state index contributed by atoms with van der Waals surface area (Å²) in [4.78, 5) is 0. The summed E-state index contributed by atoms with van der Waals surface area (Å²) in [5, 5.41) is 3.30. The highest BCUT2D eigenvalue weighted by Gasteiger charge is 2.04. The van der Waals surface area contributed by atoms with Gasteiger partial charge in [-0.1, -0.05) is 12.8 Å². The molecule has 2 heteroatoms. The number of furan rings is 1. The van der Waals surface area contributed by atoms with E-state index in [1.165, 1.54) is 0 Å². The van der Waals surface area contributed by atoms with Crippen molar-refractivity contribution < 1.29 is 4.42 Å². The largest absolute Gasteiger partial charge is 0.469 e. The fraction of sp³-hybridized carbons (Fsp3) is 0.500. The predicted molar refractivity (Wildman–Crippen MR) is 57.9 cm³/mol. The summed E-state index contributed by atoms with van der Waals surface area (Å²) < 4.78 is 5.24. The molecule has 0 saturated carbocycles. The highest BCUT2D eigenvalue weighted by Crippen LogP contribution is 2.05. The quantitative estimate of drug-likeness (QED) is 0.697. The lowest BCUT2D eigenvalue weighted by Crippen LogP contribution is -2.28. The van der Waals surface area contributed by atoms with E-state index in [1.54, 1.807) is 6.26 Å². The van der Waals surface area contributed by atoms with Gasteiger partial charge in [-0.05, 0) is 31.5 Å². The lowest BCUT2D eigenvalue weighted by atomic mass is 10.1. The Hall–Kier alpha value is -1.20. The average molecular weight is 191 g/mol. The standard InChI is InChI=1S/C12H17NO/c1-3-9-13-11(4-2)7-8-12-6-5-10-14-12/h2,5-6,10-11,13H,3,7-9H2,1H3. The molecule has 0 bridgehead atoms. The van der Waals surface area contributed by atoms with Gasteiger partial charge in [0.1, 0.15) is 5.76 Å². The van der Waals surface area contributed by atoms with Crippen LogP contribution in [0.15, 0.2) is 22.8 Å². The molecule has 1 unspecified atom stereocenters. The number of nitrogens with one attached hydrogen (secondary N) is 1.